The van der Waals surface area contributed by atoms with Crippen LogP contribution in [0.3, 0.4) is 0 Å². The van der Waals surface area contributed by atoms with E-state index >= 15 is 0 Å². The van der Waals surface area contributed by atoms with Gasteiger partial charge < -0.3 is 4.57 Å². The number of pyridine rings is 2. The summed E-state index contributed by atoms with van der Waals surface area (Å²) >= 11 is 3.33. The zero-order valence-corrected chi connectivity index (χ0v) is 15.9. The zero-order valence-electron chi connectivity index (χ0n) is 14.3. The predicted octanol–water partition coefficient (Wildman–Crippen LogP) is 3.72. The second-order valence-corrected chi connectivity index (χ2v) is 6.64. The van der Waals surface area contributed by atoms with Gasteiger partial charge >= 0.3 is 0 Å². The SMILES string of the molecule is CCN(C(=O)c1cccn(Cc2ccccc2)c1=O)c1ccc(Br)cn1. The summed E-state index contributed by atoms with van der Waals surface area (Å²) in [4.78, 5) is 31.5. The monoisotopic (exact) mass is 411 g/mol. The summed E-state index contributed by atoms with van der Waals surface area (Å²) in [7, 11) is 0. The Bertz CT molecular complexity index is 953. The van der Waals surface area contributed by atoms with Crippen molar-refractivity contribution in [2.24, 2.45) is 0 Å². The molecule has 3 aromatic rings. The minimum Gasteiger partial charge on any atom is -0.310 e. The van der Waals surface area contributed by atoms with E-state index in [4.69, 9.17) is 0 Å². The van der Waals surface area contributed by atoms with Crippen molar-refractivity contribution in [1.82, 2.24) is 9.55 Å². The number of halogens is 1. The van der Waals surface area contributed by atoms with Crippen LogP contribution >= 0.6 is 15.9 Å². The third-order valence-corrected chi connectivity index (χ3v) is 4.47. The quantitative estimate of drug-likeness (QED) is 0.642. The fourth-order valence-electron chi connectivity index (χ4n) is 2.69. The minimum absolute atomic E-state index is 0.134. The molecule has 0 N–H and O–H groups in total. The maximum atomic E-state index is 12.9. The molecular weight excluding hydrogens is 394 g/mol. The van der Waals surface area contributed by atoms with Crippen LogP contribution in [-0.2, 0) is 6.54 Å². The summed E-state index contributed by atoms with van der Waals surface area (Å²) in [6, 6.07) is 16.5. The van der Waals surface area contributed by atoms with Gasteiger partial charge in [-0.25, -0.2) is 4.98 Å². The van der Waals surface area contributed by atoms with Gasteiger partial charge in [0.05, 0.1) is 6.54 Å². The lowest BCUT2D eigenvalue weighted by Gasteiger charge is -2.20. The molecule has 1 amide bonds. The summed E-state index contributed by atoms with van der Waals surface area (Å²) in [5.41, 5.74) is 0.827. The Hall–Kier alpha value is -2.73. The smallest absolute Gasteiger partial charge is 0.265 e. The Morgan fingerprint density at radius 3 is 2.54 bits per heavy atom. The lowest BCUT2D eigenvalue weighted by Crippen LogP contribution is -2.37. The average molecular weight is 412 g/mol. The van der Waals surface area contributed by atoms with Crippen molar-refractivity contribution < 1.29 is 4.79 Å². The van der Waals surface area contributed by atoms with Crippen molar-refractivity contribution in [3.05, 3.63) is 92.9 Å². The van der Waals surface area contributed by atoms with Gasteiger partial charge in [-0.15, -0.1) is 0 Å². The molecular formula is C20H18BrN3O2. The first-order valence-electron chi connectivity index (χ1n) is 8.27. The van der Waals surface area contributed by atoms with Crippen LogP contribution in [0.4, 0.5) is 5.82 Å². The predicted molar refractivity (Wildman–Crippen MR) is 106 cm³/mol. The molecule has 0 saturated heterocycles. The van der Waals surface area contributed by atoms with Gasteiger partial charge in [0.1, 0.15) is 11.4 Å². The third-order valence-electron chi connectivity index (χ3n) is 4.00. The molecule has 0 aliphatic heterocycles. The summed E-state index contributed by atoms with van der Waals surface area (Å²) in [6.07, 6.45) is 3.32. The van der Waals surface area contributed by atoms with Crippen LogP contribution in [0.2, 0.25) is 0 Å². The number of rotatable bonds is 5. The summed E-state index contributed by atoms with van der Waals surface area (Å²) in [6.45, 7) is 2.69. The van der Waals surface area contributed by atoms with E-state index in [2.05, 4.69) is 20.9 Å². The van der Waals surface area contributed by atoms with Gasteiger partial charge in [-0.05, 0) is 52.7 Å². The number of hydrogen-bond donors (Lipinski definition) is 0. The molecule has 0 atom stereocenters. The molecule has 0 spiro atoms. The van der Waals surface area contributed by atoms with Crippen LogP contribution in [0, 0.1) is 0 Å². The zero-order chi connectivity index (χ0) is 18.5. The molecule has 6 heteroatoms. The fourth-order valence-corrected chi connectivity index (χ4v) is 2.92. The molecule has 5 nitrogen and oxygen atoms in total. The Kier molecular flexibility index (Phi) is 5.63. The molecule has 0 aliphatic rings. The highest BCUT2D eigenvalue weighted by Gasteiger charge is 2.20. The largest absolute Gasteiger partial charge is 0.310 e. The van der Waals surface area contributed by atoms with E-state index in [0.717, 1.165) is 10.0 Å². The molecule has 0 radical (unpaired) electrons. The Balaban J connectivity index is 1.93. The maximum Gasteiger partial charge on any atom is 0.265 e. The molecule has 0 unspecified atom stereocenters. The Labute approximate surface area is 160 Å². The van der Waals surface area contributed by atoms with E-state index in [-0.39, 0.29) is 17.0 Å². The number of aromatic nitrogens is 2. The average Bonchev–Trinajstić information content (AvgIpc) is 2.66. The topological polar surface area (TPSA) is 55.2 Å². The third kappa shape index (κ3) is 3.91. The first kappa shape index (κ1) is 18.1. The Morgan fingerprint density at radius 1 is 1.12 bits per heavy atom. The number of anilines is 1. The summed E-state index contributed by atoms with van der Waals surface area (Å²) in [5.74, 6) is 0.160. The van der Waals surface area contributed by atoms with Crippen LogP contribution in [0.1, 0.15) is 22.8 Å². The summed E-state index contributed by atoms with van der Waals surface area (Å²) < 4.78 is 2.38. The Morgan fingerprint density at radius 2 is 1.88 bits per heavy atom. The van der Waals surface area contributed by atoms with E-state index in [1.165, 1.54) is 4.90 Å². The first-order valence-corrected chi connectivity index (χ1v) is 9.06. The number of benzene rings is 1. The second kappa shape index (κ2) is 8.10. The lowest BCUT2D eigenvalue weighted by molar-refractivity contribution is 0.0985. The first-order chi connectivity index (χ1) is 12.6. The molecule has 0 fully saturated rings. The molecule has 0 aliphatic carbocycles. The van der Waals surface area contributed by atoms with Gasteiger partial charge in [0, 0.05) is 23.4 Å². The maximum absolute atomic E-state index is 12.9. The molecule has 132 valence electrons. The van der Waals surface area contributed by atoms with E-state index in [1.54, 1.807) is 35.2 Å². The van der Waals surface area contributed by atoms with E-state index in [1.807, 2.05) is 43.3 Å². The van der Waals surface area contributed by atoms with Crippen LogP contribution in [0.15, 0.2) is 76.3 Å². The van der Waals surface area contributed by atoms with Crippen LogP contribution < -0.4 is 10.5 Å². The lowest BCUT2D eigenvalue weighted by atomic mass is 10.2. The van der Waals surface area contributed by atoms with Crippen molar-refractivity contribution >= 4 is 27.7 Å². The highest BCUT2D eigenvalue weighted by molar-refractivity contribution is 9.10. The number of nitrogens with zero attached hydrogens (tertiary/aromatic N) is 3. The number of hydrogen-bond acceptors (Lipinski definition) is 3. The standard InChI is InChI=1S/C20H18BrN3O2/c1-2-24(18-11-10-16(21)13-22-18)20(26)17-9-6-12-23(19(17)25)14-15-7-4-3-5-8-15/h3-13H,2,14H2,1H3. The molecule has 0 saturated carbocycles. The molecule has 3 rings (SSSR count). The minimum atomic E-state index is -0.352. The van der Waals surface area contributed by atoms with Crippen LogP contribution in [-0.4, -0.2) is 22.0 Å². The number of amides is 1. The van der Waals surface area contributed by atoms with Crippen molar-refractivity contribution in [1.29, 1.82) is 0 Å². The van der Waals surface area contributed by atoms with Gasteiger partial charge in [-0.2, -0.15) is 0 Å². The van der Waals surface area contributed by atoms with Crippen LogP contribution in [0.25, 0.3) is 0 Å². The van der Waals surface area contributed by atoms with Crippen molar-refractivity contribution in [3.8, 4) is 0 Å². The normalized spacial score (nSPS) is 10.5. The van der Waals surface area contributed by atoms with Crippen molar-refractivity contribution in [2.45, 2.75) is 13.5 Å². The van der Waals surface area contributed by atoms with Gasteiger partial charge in [0.25, 0.3) is 11.5 Å². The van der Waals surface area contributed by atoms with Gasteiger partial charge in [-0.3, -0.25) is 14.5 Å². The molecule has 2 aromatic heterocycles. The molecule has 1 aromatic carbocycles. The number of carbonyl (C=O) groups excluding carboxylic acids is 1. The van der Waals surface area contributed by atoms with Crippen molar-refractivity contribution in [2.75, 3.05) is 11.4 Å². The van der Waals surface area contributed by atoms with Crippen LogP contribution in [0.5, 0.6) is 0 Å². The van der Waals surface area contributed by atoms with Gasteiger partial charge in [0.15, 0.2) is 0 Å². The van der Waals surface area contributed by atoms with Gasteiger partial charge in [0.2, 0.25) is 0 Å². The molecule has 26 heavy (non-hydrogen) atoms. The van der Waals surface area contributed by atoms with Gasteiger partial charge in [-0.1, -0.05) is 30.3 Å². The molecule has 0 bridgehead atoms. The summed E-state index contributed by atoms with van der Waals surface area (Å²) in [5, 5.41) is 0. The second-order valence-electron chi connectivity index (χ2n) is 5.72. The highest BCUT2D eigenvalue weighted by atomic mass is 79.9. The van der Waals surface area contributed by atoms with Crippen molar-refractivity contribution in [3.63, 3.8) is 0 Å². The molecule has 2 heterocycles. The van der Waals surface area contributed by atoms with E-state index in [0.29, 0.717) is 18.9 Å². The van der Waals surface area contributed by atoms with E-state index in [9.17, 15) is 9.59 Å². The van der Waals surface area contributed by atoms with E-state index < -0.39 is 0 Å². The fraction of sp³-hybridized carbons (Fsp3) is 0.150. The number of carbonyl (C=O) groups is 1. The highest BCUT2D eigenvalue weighted by Crippen LogP contribution is 2.16.